The smallest absolute Gasteiger partial charge is 0.253 e. The zero-order valence-corrected chi connectivity index (χ0v) is 25.2. The van der Waals surface area contributed by atoms with Crippen molar-refractivity contribution in [3.8, 4) is 22.4 Å². The summed E-state index contributed by atoms with van der Waals surface area (Å²) in [5.74, 6) is -0.0334. The number of amides is 1. The number of halogens is 2. The summed E-state index contributed by atoms with van der Waals surface area (Å²) in [6.07, 6.45) is 6.11. The second kappa shape index (κ2) is 11.6. The lowest BCUT2D eigenvalue weighted by molar-refractivity contribution is 0.0827. The van der Waals surface area contributed by atoms with Crippen molar-refractivity contribution in [3.63, 3.8) is 0 Å². The molecule has 0 saturated carbocycles. The van der Waals surface area contributed by atoms with Crippen molar-refractivity contribution < 1.29 is 4.79 Å². The topological polar surface area (TPSA) is 71.6 Å². The van der Waals surface area contributed by atoms with E-state index in [1.54, 1.807) is 25.2 Å². The second-order valence-corrected chi connectivity index (χ2v) is 12.1. The second-order valence-electron chi connectivity index (χ2n) is 11.3. The van der Waals surface area contributed by atoms with Gasteiger partial charge in [-0.3, -0.25) is 9.69 Å². The number of aromatic amines is 1. The maximum Gasteiger partial charge on any atom is 0.253 e. The lowest BCUT2D eigenvalue weighted by Crippen LogP contribution is -2.53. The highest BCUT2D eigenvalue weighted by Gasteiger charge is 2.28. The number of nitrogens with zero attached hydrogens (tertiary/aromatic N) is 6. The number of piperidine rings is 1. The van der Waals surface area contributed by atoms with Gasteiger partial charge in [0.2, 0.25) is 0 Å². The van der Waals surface area contributed by atoms with Gasteiger partial charge in [-0.15, -0.1) is 0 Å². The van der Waals surface area contributed by atoms with Crippen LogP contribution >= 0.6 is 23.2 Å². The van der Waals surface area contributed by atoms with E-state index in [1.165, 1.54) is 25.9 Å². The van der Waals surface area contributed by atoms with E-state index in [-0.39, 0.29) is 5.91 Å². The molecule has 214 valence electrons. The molecule has 0 unspecified atom stereocenters. The van der Waals surface area contributed by atoms with E-state index in [9.17, 15) is 4.79 Å². The van der Waals surface area contributed by atoms with E-state index in [1.807, 2.05) is 42.6 Å². The number of piperazine rings is 1. The number of hydrogen-bond acceptors (Lipinski definition) is 6. The molecular weight excluding hydrogens is 557 g/mol. The summed E-state index contributed by atoms with van der Waals surface area (Å²) in [6, 6.07) is 12.1. The Labute approximate surface area is 250 Å². The van der Waals surface area contributed by atoms with Crippen molar-refractivity contribution in [1.29, 1.82) is 0 Å². The molecule has 0 spiro atoms. The number of fused-ring (bicyclic) bond motifs is 1. The molecule has 8 nitrogen and oxygen atoms in total. The molecule has 4 heterocycles. The maximum atomic E-state index is 12.3. The van der Waals surface area contributed by atoms with Crippen molar-refractivity contribution in [3.05, 3.63) is 64.4 Å². The number of hydrogen-bond donors (Lipinski definition) is 1. The van der Waals surface area contributed by atoms with Gasteiger partial charge in [0, 0.05) is 69.2 Å². The Balaban J connectivity index is 1.22. The van der Waals surface area contributed by atoms with E-state index < -0.39 is 0 Å². The van der Waals surface area contributed by atoms with Gasteiger partial charge in [-0.1, -0.05) is 35.3 Å². The summed E-state index contributed by atoms with van der Waals surface area (Å²) >= 11 is 13.8. The fourth-order valence-corrected chi connectivity index (χ4v) is 6.71. The van der Waals surface area contributed by atoms with Crippen molar-refractivity contribution >= 4 is 46.0 Å². The zero-order valence-electron chi connectivity index (χ0n) is 23.7. The fraction of sp³-hybridized carbons (Fsp3) is 0.387. The van der Waals surface area contributed by atoms with Crippen LogP contribution in [0.3, 0.4) is 0 Å². The molecule has 1 N–H and O–H groups in total. The Morgan fingerprint density at radius 3 is 2.24 bits per heavy atom. The quantitative estimate of drug-likeness (QED) is 0.329. The van der Waals surface area contributed by atoms with Gasteiger partial charge in [0.15, 0.2) is 5.65 Å². The molecule has 41 heavy (non-hydrogen) atoms. The summed E-state index contributed by atoms with van der Waals surface area (Å²) in [5, 5.41) is 1.25. The molecule has 2 aliphatic rings. The number of nitrogens with one attached hydrogen (secondary N) is 1. The molecule has 1 amide bonds. The van der Waals surface area contributed by atoms with Crippen LogP contribution in [0, 0.1) is 0 Å². The van der Waals surface area contributed by atoms with Gasteiger partial charge < -0.3 is 19.7 Å². The average molecular weight is 593 g/mol. The average Bonchev–Trinajstić information content (AvgIpc) is 3.40. The van der Waals surface area contributed by atoms with Crippen LogP contribution in [-0.4, -0.2) is 102 Å². The molecule has 2 fully saturated rings. The predicted octanol–water partition coefficient (Wildman–Crippen LogP) is 5.52. The van der Waals surface area contributed by atoms with Crippen molar-refractivity contribution in [1.82, 2.24) is 29.7 Å². The highest BCUT2D eigenvalue weighted by molar-refractivity contribution is 6.39. The molecule has 2 aromatic heterocycles. The Morgan fingerprint density at radius 1 is 0.951 bits per heavy atom. The molecule has 2 aliphatic heterocycles. The van der Waals surface area contributed by atoms with Gasteiger partial charge in [0.05, 0.1) is 27.6 Å². The van der Waals surface area contributed by atoms with Crippen LogP contribution in [-0.2, 0) is 0 Å². The van der Waals surface area contributed by atoms with Crippen molar-refractivity contribution in [2.24, 2.45) is 0 Å². The molecule has 0 radical (unpaired) electrons. The monoisotopic (exact) mass is 591 g/mol. The maximum absolute atomic E-state index is 12.3. The summed E-state index contributed by atoms with van der Waals surface area (Å²) in [6.45, 7) is 6.20. The lowest BCUT2D eigenvalue weighted by atomic mass is 10.0. The minimum atomic E-state index is -0.0334. The fourth-order valence-electron chi connectivity index (χ4n) is 5.99. The standard InChI is InChI=1S/C31H35Cl2N7O/c1-37(2)31(41)21-6-4-20(5-7-21)24-18-34-30-28(24)36-27(19-35-30)22-16-25(32)29(26(33)17-22)40-14-12-39(13-15-40)23-8-10-38(3)11-9-23/h4-7,16-19,23H,8-15H2,1-3H3,(H,34,35). The third kappa shape index (κ3) is 5.66. The first kappa shape index (κ1) is 28.0. The largest absolute Gasteiger partial charge is 0.367 e. The summed E-state index contributed by atoms with van der Waals surface area (Å²) in [4.78, 5) is 34.0. The first-order valence-corrected chi connectivity index (χ1v) is 14.9. The number of aromatic nitrogens is 3. The first-order chi connectivity index (χ1) is 19.8. The van der Waals surface area contributed by atoms with Gasteiger partial charge in [-0.05, 0) is 62.8 Å². The minimum Gasteiger partial charge on any atom is -0.367 e. The molecule has 6 rings (SSSR count). The number of likely N-dealkylation sites (tertiary alicyclic amines) is 1. The summed E-state index contributed by atoms with van der Waals surface area (Å²) in [7, 11) is 5.70. The Hall–Kier alpha value is -3.17. The molecule has 0 atom stereocenters. The Kier molecular flexibility index (Phi) is 7.92. The molecule has 2 saturated heterocycles. The molecular formula is C31H35Cl2N7O. The molecule has 0 aliphatic carbocycles. The van der Waals surface area contributed by atoms with E-state index >= 15 is 0 Å². The van der Waals surface area contributed by atoms with E-state index in [2.05, 4.69) is 31.7 Å². The number of rotatable bonds is 5. The molecule has 0 bridgehead atoms. The van der Waals surface area contributed by atoms with Crippen LogP contribution in [0.25, 0.3) is 33.5 Å². The van der Waals surface area contributed by atoms with E-state index in [0.717, 1.165) is 54.1 Å². The van der Waals surface area contributed by atoms with Gasteiger partial charge in [-0.2, -0.15) is 0 Å². The van der Waals surface area contributed by atoms with E-state index in [0.29, 0.717) is 33.0 Å². The Morgan fingerprint density at radius 2 is 1.61 bits per heavy atom. The molecule has 10 heteroatoms. The normalized spacial score (nSPS) is 17.3. The van der Waals surface area contributed by atoms with Crippen LogP contribution in [0.4, 0.5) is 5.69 Å². The number of H-pyrrole nitrogens is 1. The van der Waals surface area contributed by atoms with Crippen molar-refractivity contribution in [2.75, 3.05) is 65.3 Å². The summed E-state index contributed by atoms with van der Waals surface area (Å²) in [5.41, 5.74) is 6.34. The number of anilines is 1. The van der Waals surface area contributed by atoms with Crippen LogP contribution in [0.1, 0.15) is 23.2 Å². The number of carbonyl (C=O) groups is 1. The summed E-state index contributed by atoms with van der Waals surface area (Å²) < 4.78 is 0. The van der Waals surface area contributed by atoms with Crippen molar-refractivity contribution in [2.45, 2.75) is 18.9 Å². The minimum absolute atomic E-state index is 0.0334. The van der Waals surface area contributed by atoms with Gasteiger partial charge in [0.1, 0.15) is 5.52 Å². The van der Waals surface area contributed by atoms with E-state index in [4.69, 9.17) is 28.2 Å². The Bertz CT molecular complexity index is 1530. The SMILES string of the molecule is CN1CCC(N2CCN(c3c(Cl)cc(-c4cnc5[nH]cc(-c6ccc(C(=O)N(C)C)cc6)c5n4)cc3Cl)CC2)CC1. The molecule has 2 aromatic carbocycles. The van der Waals surface area contributed by atoms with Crippen LogP contribution in [0.5, 0.6) is 0 Å². The highest BCUT2D eigenvalue weighted by atomic mass is 35.5. The van der Waals surface area contributed by atoms with Crippen LogP contribution in [0.15, 0.2) is 48.8 Å². The number of benzene rings is 2. The highest BCUT2D eigenvalue weighted by Crippen LogP contribution is 2.39. The predicted molar refractivity (Wildman–Crippen MR) is 167 cm³/mol. The molecule has 4 aromatic rings. The third-order valence-corrected chi connectivity index (χ3v) is 8.95. The van der Waals surface area contributed by atoms with Gasteiger partial charge >= 0.3 is 0 Å². The third-order valence-electron chi connectivity index (χ3n) is 8.38. The number of carbonyl (C=O) groups excluding carboxylic acids is 1. The van der Waals surface area contributed by atoms with Gasteiger partial charge in [-0.25, -0.2) is 9.97 Å². The van der Waals surface area contributed by atoms with Gasteiger partial charge in [0.25, 0.3) is 5.91 Å². The zero-order chi connectivity index (χ0) is 28.7. The lowest BCUT2D eigenvalue weighted by Gasteiger charge is -2.43. The van der Waals surface area contributed by atoms with Crippen LogP contribution in [0.2, 0.25) is 10.0 Å². The van der Waals surface area contributed by atoms with Crippen LogP contribution < -0.4 is 4.90 Å². The first-order valence-electron chi connectivity index (χ1n) is 14.1.